The third-order valence-electron chi connectivity index (χ3n) is 2.83. The summed E-state index contributed by atoms with van der Waals surface area (Å²) in [6.07, 6.45) is 3.50. The largest absolute Gasteiger partial charge is 0.350 e. The fourth-order valence-corrected chi connectivity index (χ4v) is 1.77. The Balaban J connectivity index is 2.13. The molecular weight excluding hydrogens is 240 g/mol. The summed E-state index contributed by atoms with van der Waals surface area (Å²) in [6, 6.07) is 10.6. The Morgan fingerprint density at radius 3 is 2.16 bits per heavy atom. The zero-order valence-electron chi connectivity index (χ0n) is 11.0. The number of carbonyl (C=O) groups is 1. The zero-order chi connectivity index (χ0) is 13.8. The van der Waals surface area contributed by atoms with Gasteiger partial charge in [0.15, 0.2) is 5.43 Å². The minimum absolute atomic E-state index is 0.00294. The summed E-state index contributed by atoms with van der Waals surface area (Å²) in [4.78, 5) is 24.3. The molecule has 1 aromatic carbocycles. The minimum atomic E-state index is -0.00471. The summed E-state index contributed by atoms with van der Waals surface area (Å²) in [5.74, 6) is -0.00471. The Hall–Kier alpha value is -2.36. The summed E-state index contributed by atoms with van der Waals surface area (Å²) < 4.78 is 1.92. The summed E-state index contributed by atoms with van der Waals surface area (Å²) in [5, 5.41) is 0. The van der Waals surface area contributed by atoms with Crippen molar-refractivity contribution in [3.8, 4) is 0 Å². The van der Waals surface area contributed by atoms with Crippen LogP contribution in [0.5, 0.6) is 0 Å². The van der Waals surface area contributed by atoms with Gasteiger partial charge < -0.3 is 9.47 Å². The number of benzene rings is 1. The van der Waals surface area contributed by atoms with E-state index in [0.29, 0.717) is 12.1 Å². The fraction of sp³-hybridized carbons (Fsp3) is 0.200. The van der Waals surface area contributed by atoms with Gasteiger partial charge >= 0.3 is 0 Å². The van der Waals surface area contributed by atoms with Crippen molar-refractivity contribution in [1.29, 1.82) is 0 Å². The van der Waals surface area contributed by atoms with Gasteiger partial charge in [-0.15, -0.1) is 0 Å². The number of nitrogens with zero attached hydrogens (tertiary/aromatic N) is 2. The van der Waals surface area contributed by atoms with E-state index in [0.717, 1.165) is 5.56 Å². The van der Waals surface area contributed by atoms with Gasteiger partial charge in [0.1, 0.15) is 0 Å². The summed E-state index contributed by atoms with van der Waals surface area (Å²) in [6.45, 7) is 0.677. The van der Waals surface area contributed by atoms with Crippen molar-refractivity contribution in [3.05, 3.63) is 70.1 Å². The lowest BCUT2D eigenvalue weighted by Gasteiger charge is -2.11. The number of amides is 1. The minimum Gasteiger partial charge on any atom is -0.350 e. The Labute approximate surface area is 111 Å². The van der Waals surface area contributed by atoms with E-state index in [4.69, 9.17) is 0 Å². The number of pyridine rings is 1. The Bertz CT molecular complexity index is 607. The molecule has 4 nitrogen and oxygen atoms in total. The zero-order valence-corrected chi connectivity index (χ0v) is 11.0. The highest BCUT2D eigenvalue weighted by molar-refractivity contribution is 5.93. The summed E-state index contributed by atoms with van der Waals surface area (Å²) >= 11 is 0. The predicted octanol–water partition coefficient (Wildman–Crippen LogP) is 1.60. The first kappa shape index (κ1) is 13.1. The predicted molar refractivity (Wildman–Crippen MR) is 74.3 cm³/mol. The third-order valence-corrected chi connectivity index (χ3v) is 2.83. The molecule has 0 bridgehead atoms. The second-order valence-electron chi connectivity index (χ2n) is 4.60. The van der Waals surface area contributed by atoms with Crippen LogP contribution in [0.3, 0.4) is 0 Å². The Morgan fingerprint density at radius 2 is 1.63 bits per heavy atom. The van der Waals surface area contributed by atoms with E-state index in [-0.39, 0.29) is 11.3 Å². The van der Waals surface area contributed by atoms with Crippen molar-refractivity contribution >= 4 is 5.91 Å². The monoisotopic (exact) mass is 256 g/mol. The lowest BCUT2D eigenvalue weighted by molar-refractivity contribution is 0.0827. The van der Waals surface area contributed by atoms with Crippen molar-refractivity contribution in [2.75, 3.05) is 14.1 Å². The molecule has 0 spiro atoms. The topological polar surface area (TPSA) is 42.3 Å². The van der Waals surface area contributed by atoms with Crippen LogP contribution in [-0.4, -0.2) is 29.5 Å². The smallest absolute Gasteiger partial charge is 0.253 e. The molecule has 0 aliphatic rings. The molecule has 1 aromatic heterocycles. The van der Waals surface area contributed by atoms with Crippen LogP contribution in [-0.2, 0) is 6.54 Å². The molecule has 1 amide bonds. The molecule has 4 heteroatoms. The average molecular weight is 256 g/mol. The number of aromatic nitrogens is 1. The van der Waals surface area contributed by atoms with Gasteiger partial charge in [0, 0.05) is 50.7 Å². The third kappa shape index (κ3) is 3.31. The van der Waals surface area contributed by atoms with Crippen molar-refractivity contribution in [2.24, 2.45) is 0 Å². The maximum Gasteiger partial charge on any atom is 0.253 e. The molecule has 0 N–H and O–H groups in total. The van der Waals surface area contributed by atoms with Gasteiger partial charge in [-0.2, -0.15) is 0 Å². The lowest BCUT2D eigenvalue weighted by Crippen LogP contribution is -2.21. The number of carbonyl (C=O) groups excluding carboxylic acids is 1. The van der Waals surface area contributed by atoms with Crippen LogP contribution < -0.4 is 5.43 Å². The van der Waals surface area contributed by atoms with Gasteiger partial charge in [-0.05, 0) is 17.7 Å². The van der Waals surface area contributed by atoms with Crippen LogP contribution >= 0.6 is 0 Å². The standard InChI is InChI=1S/C15H16N2O2/c1-16(2)15(19)13-5-3-12(4-6-13)11-17-9-7-14(18)8-10-17/h3-10H,11H2,1-2H3. The van der Waals surface area contributed by atoms with Crippen LogP contribution in [0, 0.1) is 0 Å². The van der Waals surface area contributed by atoms with Crippen molar-refractivity contribution in [3.63, 3.8) is 0 Å². The van der Waals surface area contributed by atoms with E-state index in [2.05, 4.69) is 0 Å². The first-order chi connectivity index (χ1) is 9.06. The number of hydrogen-bond donors (Lipinski definition) is 0. The van der Waals surface area contributed by atoms with Gasteiger partial charge in [0.05, 0.1) is 0 Å². The van der Waals surface area contributed by atoms with Crippen LogP contribution in [0.1, 0.15) is 15.9 Å². The molecule has 0 aliphatic carbocycles. The van der Waals surface area contributed by atoms with Crippen molar-refractivity contribution in [2.45, 2.75) is 6.54 Å². The summed E-state index contributed by atoms with van der Waals surface area (Å²) in [7, 11) is 3.47. The highest BCUT2D eigenvalue weighted by Gasteiger charge is 2.06. The second-order valence-corrected chi connectivity index (χ2v) is 4.60. The molecule has 98 valence electrons. The van der Waals surface area contributed by atoms with E-state index in [1.54, 1.807) is 31.4 Å². The maximum absolute atomic E-state index is 11.7. The van der Waals surface area contributed by atoms with E-state index in [1.807, 2.05) is 28.8 Å². The quantitative estimate of drug-likeness (QED) is 0.837. The molecule has 1 heterocycles. The molecule has 0 radical (unpaired) electrons. The number of rotatable bonds is 3. The van der Waals surface area contributed by atoms with Crippen LogP contribution in [0.25, 0.3) is 0 Å². The first-order valence-corrected chi connectivity index (χ1v) is 6.03. The van der Waals surface area contributed by atoms with Crippen LogP contribution in [0.15, 0.2) is 53.6 Å². The van der Waals surface area contributed by atoms with E-state index < -0.39 is 0 Å². The Kier molecular flexibility index (Phi) is 3.80. The molecule has 0 unspecified atom stereocenters. The molecule has 0 fully saturated rings. The summed E-state index contributed by atoms with van der Waals surface area (Å²) in [5.41, 5.74) is 1.76. The molecule has 19 heavy (non-hydrogen) atoms. The average Bonchev–Trinajstić information content (AvgIpc) is 2.41. The molecule has 2 aromatic rings. The molecule has 0 atom stereocenters. The molecule has 0 saturated carbocycles. The molecule has 0 aliphatic heterocycles. The van der Waals surface area contributed by atoms with Gasteiger partial charge in [-0.3, -0.25) is 9.59 Å². The highest BCUT2D eigenvalue weighted by Crippen LogP contribution is 2.07. The van der Waals surface area contributed by atoms with Gasteiger partial charge in [0.2, 0.25) is 0 Å². The molecule has 0 saturated heterocycles. The van der Waals surface area contributed by atoms with E-state index in [9.17, 15) is 9.59 Å². The Morgan fingerprint density at radius 1 is 1.05 bits per heavy atom. The molecule has 2 rings (SSSR count). The van der Waals surface area contributed by atoms with Crippen molar-refractivity contribution in [1.82, 2.24) is 9.47 Å². The van der Waals surface area contributed by atoms with E-state index >= 15 is 0 Å². The fourth-order valence-electron chi connectivity index (χ4n) is 1.77. The normalized spacial score (nSPS) is 10.2. The van der Waals surface area contributed by atoms with Crippen LogP contribution in [0.4, 0.5) is 0 Å². The van der Waals surface area contributed by atoms with Crippen LogP contribution in [0.2, 0.25) is 0 Å². The molecular formula is C15H16N2O2. The SMILES string of the molecule is CN(C)C(=O)c1ccc(Cn2ccc(=O)cc2)cc1. The maximum atomic E-state index is 11.7. The highest BCUT2D eigenvalue weighted by atomic mass is 16.2. The lowest BCUT2D eigenvalue weighted by atomic mass is 10.1. The van der Waals surface area contributed by atoms with Gasteiger partial charge in [-0.25, -0.2) is 0 Å². The second kappa shape index (κ2) is 5.52. The van der Waals surface area contributed by atoms with Crippen molar-refractivity contribution < 1.29 is 4.79 Å². The van der Waals surface area contributed by atoms with Gasteiger partial charge in [-0.1, -0.05) is 12.1 Å². The first-order valence-electron chi connectivity index (χ1n) is 6.03. The van der Waals surface area contributed by atoms with E-state index in [1.165, 1.54) is 12.1 Å². The number of hydrogen-bond acceptors (Lipinski definition) is 2. The van der Waals surface area contributed by atoms with Gasteiger partial charge in [0.25, 0.3) is 5.91 Å².